The van der Waals surface area contributed by atoms with Crippen molar-refractivity contribution in [1.29, 1.82) is 0 Å². The molecule has 0 unspecified atom stereocenters. The summed E-state index contributed by atoms with van der Waals surface area (Å²) < 4.78 is 26.7. The largest absolute Gasteiger partial charge is 0.463 e. The summed E-state index contributed by atoms with van der Waals surface area (Å²) in [7, 11) is 0. The Balaban J connectivity index is 3.22. The van der Waals surface area contributed by atoms with Crippen LogP contribution in [0.25, 0.3) is 0 Å². The molecule has 0 aromatic heterocycles. The van der Waals surface area contributed by atoms with Crippen LogP contribution in [0.2, 0.25) is 0 Å². The van der Waals surface area contributed by atoms with E-state index in [-0.39, 0.29) is 13.2 Å². The SMILES string of the molecule is CCO[C@@H]1O[C@H](COC(C)=O)[C@H](OC(C)=O)[C@@H](OC(C)=O)[C@@H]1NC(C)=O. The van der Waals surface area contributed by atoms with Gasteiger partial charge in [-0.05, 0) is 6.92 Å². The van der Waals surface area contributed by atoms with Crippen LogP contribution < -0.4 is 5.32 Å². The van der Waals surface area contributed by atoms with Gasteiger partial charge in [0, 0.05) is 34.3 Å². The highest BCUT2D eigenvalue weighted by Gasteiger charge is 2.51. The van der Waals surface area contributed by atoms with Gasteiger partial charge < -0.3 is 29.0 Å². The molecule has 0 spiro atoms. The van der Waals surface area contributed by atoms with E-state index >= 15 is 0 Å². The van der Waals surface area contributed by atoms with E-state index in [1.165, 1.54) is 27.7 Å². The molecule has 0 bridgehead atoms. The van der Waals surface area contributed by atoms with Crippen molar-refractivity contribution in [1.82, 2.24) is 5.32 Å². The summed E-state index contributed by atoms with van der Waals surface area (Å²) in [6.45, 7) is 6.56. The van der Waals surface area contributed by atoms with Crippen LogP contribution in [-0.4, -0.2) is 67.7 Å². The third-order valence-corrected chi connectivity index (χ3v) is 3.40. The summed E-state index contributed by atoms with van der Waals surface area (Å²) in [4.78, 5) is 45.8. The number of ether oxygens (including phenoxy) is 5. The lowest BCUT2D eigenvalue weighted by Gasteiger charge is -2.44. The standard InChI is InChI=1S/C16H25NO9/c1-6-22-16-13(17-8(2)18)15(25-11(5)21)14(24-10(4)20)12(26-16)7-23-9(3)19/h12-16H,6-7H2,1-5H3,(H,17,18)/t12-,13+,14+,15+,16-/m1/s1. The van der Waals surface area contributed by atoms with Crippen LogP contribution in [0.15, 0.2) is 0 Å². The second-order valence-electron chi connectivity index (χ2n) is 5.68. The normalized spacial score (nSPS) is 28.0. The van der Waals surface area contributed by atoms with Crippen LogP contribution >= 0.6 is 0 Å². The second-order valence-corrected chi connectivity index (χ2v) is 5.68. The molecule has 10 heteroatoms. The van der Waals surface area contributed by atoms with Crippen LogP contribution in [-0.2, 0) is 42.9 Å². The molecular formula is C16H25NO9. The number of carbonyl (C=O) groups excluding carboxylic acids is 4. The van der Waals surface area contributed by atoms with Crippen molar-refractivity contribution in [2.45, 2.75) is 65.3 Å². The Kier molecular flexibility index (Phi) is 8.46. The molecule has 5 atom stereocenters. The van der Waals surface area contributed by atoms with Gasteiger partial charge in [-0.25, -0.2) is 0 Å². The molecule has 1 aliphatic rings. The van der Waals surface area contributed by atoms with Crippen LogP contribution in [0.3, 0.4) is 0 Å². The lowest BCUT2D eigenvalue weighted by atomic mass is 9.96. The Morgan fingerprint density at radius 3 is 1.96 bits per heavy atom. The number of amides is 1. The lowest BCUT2D eigenvalue weighted by Crippen LogP contribution is -2.66. The van der Waals surface area contributed by atoms with E-state index in [1.807, 2.05) is 0 Å². The fourth-order valence-electron chi connectivity index (χ4n) is 2.60. The van der Waals surface area contributed by atoms with Crippen molar-refractivity contribution >= 4 is 23.8 Å². The molecule has 0 aromatic carbocycles. The van der Waals surface area contributed by atoms with Gasteiger partial charge in [-0.3, -0.25) is 19.2 Å². The van der Waals surface area contributed by atoms with E-state index < -0.39 is 54.5 Å². The summed E-state index contributed by atoms with van der Waals surface area (Å²) in [5.74, 6) is -2.28. The van der Waals surface area contributed by atoms with E-state index in [0.717, 1.165) is 0 Å². The third kappa shape index (κ3) is 6.60. The predicted molar refractivity (Wildman–Crippen MR) is 85.6 cm³/mol. The quantitative estimate of drug-likeness (QED) is 0.470. The molecule has 0 saturated carbocycles. The molecule has 10 nitrogen and oxygen atoms in total. The Labute approximate surface area is 151 Å². The van der Waals surface area contributed by atoms with Gasteiger partial charge in [0.2, 0.25) is 5.91 Å². The molecule has 1 rings (SSSR count). The first-order chi connectivity index (χ1) is 12.1. The first-order valence-electron chi connectivity index (χ1n) is 8.17. The molecule has 0 radical (unpaired) electrons. The molecule has 1 N–H and O–H groups in total. The van der Waals surface area contributed by atoms with Gasteiger partial charge in [-0.15, -0.1) is 0 Å². The zero-order valence-electron chi connectivity index (χ0n) is 15.5. The van der Waals surface area contributed by atoms with Crippen LogP contribution in [0.5, 0.6) is 0 Å². The molecule has 1 aliphatic heterocycles. The van der Waals surface area contributed by atoms with Gasteiger partial charge in [0.15, 0.2) is 18.5 Å². The van der Waals surface area contributed by atoms with E-state index in [4.69, 9.17) is 23.7 Å². The van der Waals surface area contributed by atoms with Crippen molar-refractivity contribution in [2.24, 2.45) is 0 Å². The minimum atomic E-state index is -1.11. The minimum absolute atomic E-state index is 0.242. The average Bonchev–Trinajstić information content (AvgIpc) is 2.50. The number of carbonyl (C=O) groups is 4. The topological polar surface area (TPSA) is 126 Å². The number of hydrogen-bond donors (Lipinski definition) is 1. The van der Waals surface area contributed by atoms with Crippen molar-refractivity contribution in [2.75, 3.05) is 13.2 Å². The Morgan fingerprint density at radius 1 is 0.923 bits per heavy atom. The van der Waals surface area contributed by atoms with Crippen molar-refractivity contribution in [3.8, 4) is 0 Å². The van der Waals surface area contributed by atoms with Crippen LogP contribution in [0.4, 0.5) is 0 Å². The fraction of sp³-hybridized carbons (Fsp3) is 0.750. The monoisotopic (exact) mass is 375 g/mol. The molecule has 1 heterocycles. The maximum absolute atomic E-state index is 11.6. The maximum Gasteiger partial charge on any atom is 0.303 e. The lowest BCUT2D eigenvalue weighted by molar-refractivity contribution is -0.276. The summed E-state index contributed by atoms with van der Waals surface area (Å²) in [5, 5.41) is 2.60. The van der Waals surface area contributed by atoms with Gasteiger partial charge in [0.25, 0.3) is 0 Å². The molecule has 1 amide bonds. The highest BCUT2D eigenvalue weighted by atomic mass is 16.7. The summed E-state index contributed by atoms with van der Waals surface area (Å²) in [6.07, 6.45) is -4.15. The van der Waals surface area contributed by atoms with E-state index in [0.29, 0.717) is 0 Å². The van der Waals surface area contributed by atoms with Gasteiger partial charge in [0.1, 0.15) is 18.8 Å². The predicted octanol–water partition coefficient (Wildman–Crippen LogP) is -0.321. The zero-order chi connectivity index (χ0) is 19.9. The average molecular weight is 375 g/mol. The smallest absolute Gasteiger partial charge is 0.303 e. The number of nitrogens with one attached hydrogen (secondary N) is 1. The first-order valence-corrected chi connectivity index (χ1v) is 8.17. The fourth-order valence-corrected chi connectivity index (χ4v) is 2.60. The number of rotatable bonds is 7. The van der Waals surface area contributed by atoms with E-state index in [9.17, 15) is 19.2 Å². The van der Waals surface area contributed by atoms with E-state index in [2.05, 4.69) is 5.32 Å². The van der Waals surface area contributed by atoms with Crippen LogP contribution in [0, 0.1) is 0 Å². The molecule has 0 aromatic rings. The van der Waals surface area contributed by atoms with Gasteiger partial charge in [0.05, 0.1) is 0 Å². The van der Waals surface area contributed by atoms with Crippen molar-refractivity contribution in [3.05, 3.63) is 0 Å². The van der Waals surface area contributed by atoms with E-state index in [1.54, 1.807) is 6.92 Å². The number of esters is 3. The molecule has 148 valence electrons. The first kappa shape index (κ1) is 21.8. The second kappa shape index (κ2) is 10.1. The molecule has 26 heavy (non-hydrogen) atoms. The highest BCUT2D eigenvalue weighted by molar-refractivity contribution is 5.73. The Morgan fingerprint density at radius 2 is 1.50 bits per heavy atom. The summed E-state index contributed by atoms with van der Waals surface area (Å²) in [5.41, 5.74) is 0. The third-order valence-electron chi connectivity index (χ3n) is 3.40. The molecule has 0 aliphatic carbocycles. The zero-order valence-corrected chi connectivity index (χ0v) is 15.5. The Bertz CT molecular complexity index is 536. The van der Waals surface area contributed by atoms with Crippen molar-refractivity contribution in [3.63, 3.8) is 0 Å². The van der Waals surface area contributed by atoms with Gasteiger partial charge >= 0.3 is 17.9 Å². The molecule has 1 fully saturated rings. The highest BCUT2D eigenvalue weighted by Crippen LogP contribution is 2.27. The van der Waals surface area contributed by atoms with Crippen molar-refractivity contribution < 1.29 is 42.9 Å². The van der Waals surface area contributed by atoms with Gasteiger partial charge in [-0.1, -0.05) is 0 Å². The molecule has 1 saturated heterocycles. The maximum atomic E-state index is 11.6. The molecular weight excluding hydrogens is 350 g/mol. The minimum Gasteiger partial charge on any atom is -0.463 e. The van der Waals surface area contributed by atoms with Crippen LogP contribution in [0.1, 0.15) is 34.6 Å². The summed E-state index contributed by atoms with van der Waals surface area (Å²) >= 11 is 0. The summed E-state index contributed by atoms with van der Waals surface area (Å²) in [6, 6.07) is -0.922. The Hall–Kier alpha value is -2.20. The number of hydrogen-bond acceptors (Lipinski definition) is 9. The van der Waals surface area contributed by atoms with Gasteiger partial charge in [-0.2, -0.15) is 0 Å².